The summed E-state index contributed by atoms with van der Waals surface area (Å²) >= 11 is 0. The summed E-state index contributed by atoms with van der Waals surface area (Å²) in [4.78, 5) is 0. The molecular weight excluding hydrogens is 407 g/mol. The molecule has 0 radical (unpaired) electrons. The Balaban J connectivity index is 1.93. The van der Waals surface area contributed by atoms with Crippen LogP contribution in [0.3, 0.4) is 0 Å². The van der Waals surface area contributed by atoms with Crippen LogP contribution in [-0.4, -0.2) is 24.4 Å². The Morgan fingerprint density at radius 1 is 0.931 bits per heavy atom. The number of nitrogens with one attached hydrogen (secondary N) is 1. The number of rotatable bonds is 7. The molecule has 0 bridgehead atoms. The van der Waals surface area contributed by atoms with Gasteiger partial charge in [0.2, 0.25) is 0 Å². The summed E-state index contributed by atoms with van der Waals surface area (Å²) in [5.41, 5.74) is 1.96. The Morgan fingerprint density at radius 3 is 2.03 bits per heavy atom. The summed E-state index contributed by atoms with van der Waals surface area (Å²) in [6.45, 7) is 0.180. The van der Waals surface area contributed by atoms with Crippen LogP contribution in [0.5, 0.6) is 5.75 Å². The number of hydrogen-bond donors (Lipinski definition) is 1. The molecule has 0 unspecified atom stereocenters. The van der Waals surface area contributed by atoms with Crippen molar-refractivity contribution in [2.75, 3.05) is 0 Å². The number of benzene rings is 2. The van der Waals surface area contributed by atoms with Crippen molar-refractivity contribution < 1.29 is 35.5 Å². The molecule has 0 amide bonds. The number of alkyl halides is 7. The molecule has 0 fully saturated rings. The van der Waals surface area contributed by atoms with Gasteiger partial charge in [0.05, 0.1) is 17.8 Å². The van der Waals surface area contributed by atoms with Crippen LogP contribution in [0.25, 0.3) is 0 Å². The average molecular weight is 419 g/mol. The highest BCUT2D eigenvalue weighted by atomic mass is 19.4. The van der Waals surface area contributed by atoms with E-state index >= 15 is 0 Å². The van der Waals surface area contributed by atoms with Crippen LogP contribution < -0.4 is 10.2 Å². The highest BCUT2D eigenvalue weighted by molar-refractivity contribution is 5.79. The molecule has 154 valence electrons. The summed E-state index contributed by atoms with van der Waals surface area (Å²) in [5.74, 6) is -5.91. The maximum Gasteiger partial charge on any atom is 0.462 e. The highest BCUT2D eigenvalue weighted by Gasteiger charge is 2.73. The van der Waals surface area contributed by atoms with E-state index in [0.717, 1.165) is 5.56 Å². The molecule has 0 aromatic heterocycles. The summed E-state index contributed by atoms with van der Waals surface area (Å²) in [7, 11) is 0. The van der Waals surface area contributed by atoms with Gasteiger partial charge in [0.1, 0.15) is 12.4 Å². The van der Waals surface area contributed by atoms with E-state index in [1.54, 1.807) is 24.3 Å². The monoisotopic (exact) mass is 419 g/mol. The molecule has 0 aliphatic heterocycles. The second kappa shape index (κ2) is 8.38. The van der Waals surface area contributed by atoms with Gasteiger partial charge in [-0.05, 0) is 47.5 Å². The van der Waals surface area contributed by atoms with Gasteiger partial charge < -0.3 is 4.74 Å². The van der Waals surface area contributed by atoms with E-state index in [4.69, 9.17) is 10.00 Å². The Kier molecular flexibility index (Phi) is 6.36. The summed E-state index contributed by atoms with van der Waals surface area (Å²) in [5, 5.41) is 11.5. The van der Waals surface area contributed by atoms with E-state index < -0.39 is 18.1 Å². The smallest absolute Gasteiger partial charge is 0.462 e. The Hall–Kier alpha value is -3.29. The Labute approximate surface area is 160 Å². The van der Waals surface area contributed by atoms with Crippen molar-refractivity contribution in [2.24, 2.45) is 5.10 Å². The standard InChI is InChI=1S/C18H12F7N3O/c19-16(20,17(21,22)23)18(24,25)28-27-10-13-5-7-15(8-6-13)29-11-14-3-1-12(9-26)2-4-14/h1-8,10,28H,11H2/b27-10-. The first-order valence-corrected chi connectivity index (χ1v) is 7.81. The third kappa shape index (κ3) is 5.37. The molecule has 4 nitrogen and oxygen atoms in total. The number of hydrazone groups is 1. The normalized spacial score (nSPS) is 12.6. The maximum absolute atomic E-state index is 13.0. The molecule has 11 heteroatoms. The third-order valence-electron chi connectivity index (χ3n) is 3.54. The fraction of sp³-hybridized carbons (Fsp3) is 0.222. The zero-order chi connectivity index (χ0) is 21.7. The van der Waals surface area contributed by atoms with E-state index in [1.807, 2.05) is 6.07 Å². The van der Waals surface area contributed by atoms with Crippen LogP contribution in [-0.2, 0) is 6.61 Å². The van der Waals surface area contributed by atoms with Gasteiger partial charge in [-0.3, -0.25) is 0 Å². The second-order valence-corrected chi connectivity index (χ2v) is 5.68. The number of hydrogen-bond acceptors (Lipinski definition) is 4. The predicted molar refractivity (Wildman–Crippen MR) is 88.6 cm³/mol. The van der Waals surface area contributed by atoms with E-state index in [9.17, 15) is 30.7 Å². The molecule has 2 aromatic rings. The van der Waals surface area contributed by atoms with Gasteiger partial charge in [-0.25, -0.2) is 5.43 Å². The molecule has 1 N–H and O–H groups in total. The molecule has 0 spiro atoms. The zero-order valence-corrected chi connectivity index (χ0v) is 14.4. The van der Waals surface area contributed by atoms with Gasteiger partial charge in [-0.15, -0.1) is 0 Å². The number of halogens is 7. The minimum Gasteiger partial charge on any atom is -0.489 e. The van der Waals surface area contributed by atoms with Gasteiger partial charge in [-0.1, -0.05) is 12.1 Å². The molecule has 2 rings (SSSR count). The minimum absolute atomic E-state index is 0.148. The number of ether oxygens (including phenoxy) is 1. The lowest BCUT2D eigenvalue weighted by Gasteiger charge is -2.27. The Morgan fingerprint density at radius 2 is 1.52 bits per heavy atom. The fourth-order valence-electron chi connectivity index (χ4n) is 1.93. The predicted octanol–water partition coefficient (Wildman–Crippen LogP) is 4.85. The van der Waals surface area contributed by atoms with Crippen molar-refractivity contribution >= 4 is 6.21 Å². The molecule has 2 aromatic carbocycles. The maximum atomic E-state index is 13.0. The van der Waals surface area contributed by atoms with Crippen molar-refractivity contribution in [2.45, 2.75) is 24.8 Å². The zero-order valence-electron chi connectivity index (χ0n) is 14.4. The minimum atomic E-state index is -6.44. The lowest BCUT2D eigenvalue weighted by molar-refractivity contribution is -0.361. The van der Waals surface area contributed by atoms with E-state index in [0.29, 0.717) is 23.0 Å². The molecule has 0 saturated carbocycles. The quantitative estimate of drug-likeness (QED) is 0.302. The average Bonchev–Trinajstić information content (AvgIpc) is 2.66. The van der Waals surface area contributed by atoms with Gasteiger partial charge in [-0.2, -0.15) is 41.1 Å². The van der Waals surface area contributed by atoms with Crippen LogP contribution in [0.4, 0.5) is 30.7 Å². The molecule has 0 atom stereocenters. The largest absolute Gasteiger partial charge is 0.489 e. The first-order chi connectivity index (χ1) is 13.5. The third-order valence-corrected chi connectivity index (χ3v) is 3.54. The van der Waals surface area contributed by atoms with Crippen molar-refractivity contribution in [3.8, 4) is 11.8 Å². The van der Waals surface area contributed by atoms with Gasteiger partial charge in [0, 0.05) is 0 Å². The van der Waals surface area contributed by atoms with Gasteiger partial charge in [0.25, 0.3) is 0 Å². The molecule has 0 aliphatic carbocycles. The molecule has 0 aliphatic rings. The van der Waals surface area contributed by atoms with Crippen LogP contribution in [0.15, 0.2) is 53.6 Å². The van der Waals surface area contributed by atoms with Crippen LogP contribution in [0.1, 0.15) is 16.7 Å². The van der Waals surface area contributed by atoms with Crippen LogP contribution >= 0.6 is 0 Å². The van der Waals surface area contributed by atoms with E-state index in [-0.39, 0.29) is 12.2 Å². The van der Waals surface area contributed by atoms with Crippen molar-refractivity contribution in [3.05, 3.63) is 65.2 Å². The van der Waals surface area contributed by atoms with E-state index in [2.05, 4.69) is 5.10 Å². The van der Waals surface area contributed by atoms with Crippen molar-refractivity contribution in [1.29, 1.82) is 5.26 Å². The first-order valence-electron chi connectivity index (χ1n) is 7.81. The molecule has 29 heavy (non-hydrogen) atoms. The lowest BCUT2D eigenvalue weighted by Crippen LogP contribution is -2.58. The topological polar surface area (TPSA) is 57.4 Å². The fourth-order valence-corrected chi connectivity index (χ4v) is 1.93. The van der Waals surface area contributed by atoms with Crippen LogP contribution in [0.2, 0.25) is 0 Å². The lowest BCUT2D eigenvalue weighted by atomic mass is 10.1. The summed E-state index contributed by atoms with van der Waals surface area (Å²) in [6.07, 6.45) is -5.78. The highest BCUT2D eigenvalue weighted by Crippen LogP contribution is 2.44. The summed E-state index contributed by atoms with van der Waals surface area (Å²) < 4.78 is 93.0. The first kappa shape index (κ1) is 22.0. The number of nitrogens with zero attached hydrogens (tertiary/aromatic N) is 2. The second-order valence-electron chi connectivity index (χ2n) is 5.68. The number of nitriles is 1. The van der Waals surface area contributed by atoms with Crippen molar-refractivity contribution in [3.63, 3.8) is 0 Å². The molecule has 0 heterocycles. The van der Waals surface area contributed by atoms with E-state index in [1.165, 1.54) is 24.3 Å². The van der Waals surface area contributed by atoms with Crippen LogP contribution in [0, 0.1) is 11.3 Å². The molecular formula is C18H12F7N3O. The Bertz CT molecular complexity index is 886. The SMILES string of the molecule is N#Cc1ccc(COc2ccc(/C=N\NC(F)(F)C(F)(F)C(F)(F)F)cc2)cc1. The summed E-state index contributed by atoms with van der Waals surface area (Å²) in [6, 6.07) is 8.49. The van der Waals surface area contributed by atoms with Gasteiger partial charge >= 0.3 is 18.1 Å². The molecule has 0 saturated heterocycles. The van der Waals surface area contributed by atoms with Crippen molar-refractivity contribution in [1.82, 2.24) is 5.43 Å². The van der Waals surface area contributed by atoms with Gasteiger partial charge in [0.15, 0.2) is 0 Å².